The standard InChI is InChI=1S/C21H21N5OS/c1-11(2)26-8-15(18-19(22)23-10-24-20(18)26)12-3-6-14-16(9-28-17(14)7-12)21(27)25-13-4-5-13/h3,6-11,13H,4-5H2,1-2H3,(H,25,27)(H2,22,23,24). The van der Waals surface area contributed by atoms with Crippen LogP contribution in [0.2, 0.25) is 0 Å². The Morgan fingerprint density at radius 3 is 2.89 bits per heavy atom. The first-order valence-corrected chi connectivity index (χ1v) is 10.3. The van der Waals surface area contributed by atoms with Crippen molar-refractivity contribution in [1.29, 1.82) is 0 Å². The van der Waals surface area contributed by atoms with Gasteiger partial charge in [-0.15, -0.1) is 11.3 Å². The molecule has 142 valence electrons. The van der Waals surface area contributed by atoms with Gasteiger partial charge in [-0.05, 0) is 38.3 Å². The fraction of sp³-hybridized carbons (Fsp3) is 0.286. The maximum Gasteiger partial charge on any atom is 0.252 e. The molecule has 5 rings (SSSR count). The number of carbonyl (C=O) groups is 1. The topological polar surface area (TPSA) is 85.8 Å². The Morgan fingerprint density at radius 2 is 2.14 bits per heavy atom. The first-order valence-electron chi connectivity index (χ1n) is 9.46. The second-order valence-electron chi connectivity index (χ2n) is 7.61. The number of aromatic nitrogens is 3. The molecule has 3 heterocycles. The number of nitrogens with zero attached hydrogens (tertiary/aromatic N) is 3. The SMILES string of the molecule is CC(C)n1cc(-c2ccc3c(C(=O)NC4CC4)csc3c2)c2c(N)ncnc21. The van der Waals surface area contributed by atoms with Crippen LogP contribution in [0.25, 0.3) is 32.2 Å². The van der Waals surface area contributed by atoms with Crippen molar-refractivity contribution in [2.24, 2.45) is 0 Å². The van der Waals surface area contributed by atoms with Crippen molar-refractivity contribution in [3.63, 3.8) is 0 Å². The molecule has 1 amide bonds. The fourth-order valence-corrected chi connectivity index (χ4v) is 4.56. The molecule has 0 unspecified atom stereocenters. The molecule has 0 aliphatic heterocycles. The van der Waals surface area contributed by atoms with Gasteiger partial charge >= 0.3 is 0 Å². The summed E-state index contributed by atoms with van der Waals surface area (Å²) in [5.41, 5.74) is 9.86. The van der Waals surface area contributed by atoms with Gasteiger partial charge in [0.15, 0.2) is 0 Å². The number of amides is 1. The number of thiophene rings is 1. The zero-order valence-electron chi connectivity index (χ0n) is 15.8. The summed E-state index contributed by atoms with van der Waals surface area (Å²) < 4.78 is 3.20. The molecular weight excluding hydrogens is 370 g/mol. The monoisotopic (exact) mass is 391 g/mol. The van der Waals surface area contributed by atoms with Crippen LogP contribution >= 0.6 is 11.3 Å². The number of fused-ring (bicyclic) bond motifs is 2. The van der Waals surface area contributed by atoms with Crippen molar-refractivity contribution in [1.82, 2.24) is 19.9 Å². The Bertz CT molecular complexity index is 1220. The van der Waals surface area contributed by atoms with Crippen LogP contribution in [0.1, 0.15) is 43.1 Å². The Kier molecular flexibility index (Phi) is 3.87. The van der Waals surface area contributed by atoms with Crippen molar-refractivity contribution in [2.75, 3.05) is 5.73 Å². The van der Waals surface area contributed by atoms with Crippen LogP contribution in [0.4, 0.5) is 5.82 Å². The Labute approximate surface area is 166 Å². The molecule has 4 aromatic rings. The van der Waals surface area contributed by atoms with Crippen molar-refractivity contribution >= 4 is 44.2 Å². The zero-order valence-corrected chi connectivity index (χ0v) is 16.6. The average molecular weight is 392 g/mol. The van der Waals surface area contributed by atoms with Gasteiger partial charge in [0.05, 0.1) is 10.9 Å². The van der Waals surface area contributed by atoms with E-state index in [1.54, 1.807) is 11.3 Å². The minimum Gasteiger partial charge on any atom is -0.383 e. The summed E-state index contributed by atoms with van der Waals surface area (Å²) in [6, 6.07) is 6.82. The lowest BCUT2D eigenvalue weighted by Gasteiger charge is -2.07. The lowest BCUT2D eigenvalue weighted by atomic mass is 10.0. The van der Waals surface area contributed by atoms with E-state index in [-0.39, 0.29) is 11.9 Å². The molecule has 1 fully saturated rings. The van der Waals surface area contributed by atoms with Gasteiger partial charge in [0.1, 0.15) is 17.8 Å². The highest BCUT2D eigenvalue weighted by molar-refractivity contribution is 7.17. The van der Waals surface area contributed by atoms with Crippen LogP contribution < -0.4 is 11.1 Å². The smallest absolute Gasteiger partial charge is 0.252 e. The van der Waals surface area contributed by atoms with Crippen LogP contribution in [0, 0.1) is 0 Å². The predicted octanol–water partition coefficient (Wildman–Crippen LogP) is 4.37. The van der Waals surface area contributed by atoms with Crippen LogP contribution in [-0.4, -0.2) is 26.5 Å². The number of carbonyl (C=O) groups excluding carboxylic acids is 1. The first kappa shape index (κ1) is 17.2. The summed E-state index contributed by atoms with van der Waals surface area (Å²) >= 11 is 1.59. The number of nitrogen functional groups attached to an aromatic ring is 1. The maximum absolute atomic E-state index is 12.5. The van der Waals surface area contributed by atoms with E-state index < -0.39 is 0 Å². The van der Waals surface area contributed by atoms with Gasteiger partial charge in [0.25, 0.3) is 5.91 Å². The molecule has 0 atom stereocenters. The highest BCUT2D eigenvalue weighted by Crippen LogP contribution is 2.37. The summed E-state index contributed by atoms with van der Waals surface area (Å²) in [7, 11) is 0. The molecule has 1 aromatic carbocycles. The highest BCUT2D eigenvalue weighted by atomic mass is 32.1. The Morgan fingerprint density at radius 1 is 1.32 bits per heavy atom. The van der Waals surface area contributed by atoms with E-state index in [9.17, 15) is 4.79 Å². The molecule has 6 nitrogen and oxygen atoms in total. The third-order valence-corrected chi connectivity index (χ3v) is 6.18. The number of nitrogens with one attached hydrogen (secondary N) is 1. The summed E-state index contributed by atoms with van der Waals surface area (Å²) in [5.74, 6) is 0.505. The van der Waals surface area contributed by atoms with E-state index >= 15 is 0 Å². The molecule has 1 aliphatic rings. The quantitative estimate of drug-likeness (QED) is 0.541. The van der Waals surface area contributed by atoms with Gasteiger partial charge < -0.3 is 15.6 Å². The van der Waals surface area contributed by atoms with Gasteiger partial charge in [0, 0.05) is 39.3 Å². The summed E-state index contributed by atoms with van der Waals surface area (Å²) in [5, 5.41) is 6.88. The van der Waals surface area contributed by atoms with Gasteiger partial charge in [-0.1, -0.05) is 12.1 Å². The molecule has 3 N–H and O–H groups in total. The Hall–Kier alpha value is -2.93. The molecule has 0 radical (unpaired) electrons. The maximum atomic E-state index is 12.5. The van der Waals surface area contributed by atoms with Gasteiger partial charge in [-0.3, -0.25) is 4.79 Å². The number of hydrogen-bond acceptors (Lipinski definition) is 5. The van der Waals surface area contributed by atoms with Crippen molar-refractivity contribution in [3.8, 4) is 11.1 Å². The highest BCUT2D eigenvalue weighted by Gasteiger charge is 2.25. The molecule has 1 saturated carbocycles. The Balaban J connectivity index is 1.63. The van der Waals surface area contributed by atoms with E-state index in [2.05, 4.69) is 52.0 Å². The number of nitrogens with two attached hydrogens (primary N) is 1. The van der Waals surface area contributed by atoms with Crippen molar-refractivity contribution in [2.45, 2.75) is 38.8 Å². The fourth-order valence-electron chi connectivity index (χ4n) is 3.58. The van der Waals surface area contributed by atoms with Gasteiger partial charge in [0.2, 0.25) is 0 Å². The third kappa shape index (κ3) is 2.74. The van der Waals surface area contributed by atoms with Crippen LogP contribution in [0.15, 0.2) is 36.1 Å². The van der Waals surface area contributed by atoms with Crippen LogP contribution in [0.5, 0.6) is 0 Å². The summed E-state index contributed by atoms with van der Waals surface area (Å²) in [6.07, 6.45) is 5.77. The number of hydrogen-bond donors (Lipinski definition) is 2. The predicted molar refractivity (Wildman–Crippen MR) is 114 cm³/mol. The minimum atomic E-state index is 0.0237. The van der Waals surface area contributed by atoms with Crippen LogP contribution in [0.3, 0.4) is 0 Å². The van der Waals surface area contributed by atoms with Crippen molar-refractivity contribution in [3.05, 3.63) is 41.7 Å². The van der Waals surface area contributed by atoms with Crippen molar-refractivity contribution < 1.29 is 4.79 Å². The van der Waals surface area contributed by atoms with E-state index in [4.69, 9.17) is 5.73 Å². The van der Waals surface area contributed by atoms with E-state index in [1.165, 1.54) is 6.33 Å². The zero-order chi connectivity index (χ0) is 19.4. The third-order valence-electron chi connectivity index (χ3n) is 5.24. The molecule has 0 bridgehead atoms. The lowest BCUT2D eigenvalue weighted by molar-refractivity contribution is 0.0953. The van der Waals surface area contributed by atoms with Gasteiger partial charge in [-0.2, -0.15) is 0 Å². The molecule has 28 heavy (non-hydrogen) atoms. The molecule has 0 saturated heterocycles. The summed E-state index contributed by atoms with van der Waals surface area (Å²) in [4.78, 5) is 21.1. The molecule has 7 heteroatoms. The first-order chi connectivity index (χ1) is 13.5. The number of rotatable bonds is 4. The normalized spacial score (nSPS) is 14.2. The van der Waals surface area contributed by atoms with E-state index in [0.717, 1.165) is 50.7 Å². The second-order valence-corrected chi connectivity index (χ2v) is 8.52. The number of benzene rings is 1. The second kappa shape index (κ2) is 6.31. The van der Waals surface area contributed by atoms with Gasteiger partial charge in [-0.25, -0.2) is 9.97 Å². The minimum absolute atomic E-state index is 0.0237. The largest absolute Gasteiger partial charge is 0.383 e. The number of anilines is 1. The molecule has 1 aliphatic carbocycles. The molecule has 3 aromatic heterocycles. The molecular formula is C21H21N5OS. The van der Waals surface area contributed by atoms with E-state index in [0.29, 0.717) is 11.9 Å². The summed E-state index contributed by atoms with van der Waals surface area (Å²) in [6.45, 7) is 4.24. The lowest BCUT2D eigenvalue weighted by Crippen LogP contribution is -2.24. The average Bonchev–Trinajstić information content (AvgIpc) is 3.24. The van der Waals surface area contributed by atoms with Crippen LogP contribution in [-0.2, 0) is 0 Å². The van der Waals surface area contributed by atoms with E-state index in [1.807, 2.05) is 11.4 Å². The molecule has 0 spiro atoms.